The first kappa shape index (κ1) is 13.8. The Labute approximate surface area is 115 Å². The summed E-state index contributed by atoms with van der Waals surface area (Å²) in [4.78, 5) is 0. The molecule has 19 heavy (non-hydrogen) atoms. The number of aliphatic hydroxyl groups excluding tert-OH is 1. The molecule has 2 N–H and O–H groups in total. The maximum Gasteiger partial charge on any atom is 0.0914 e. The minimum absolute atomic E-state index is 0.431. The summed E-state index contributed by atoms with van der Waals surface area (Å²) in [6.45, 7) is 3.57. The SMILES string of the molecule is Cc1ccc(CCNC[C@@H](O)c2ccccc2)cc1. The van der Waals surface area contributed by atoms with Crippen LogP contribution >= 0.6 is 0 Å². The smallest absolute Gasteiger partial charge is 0.0914 e. The molecule has 0 aliphatic rings. The van der Waals surface area contributed by atoms with Gasteiger partial charge in [-0.1, -0.05) is 60.2 Å². The van der Waals surface area contributed by atoms with E-state index < -0.39 is 6.10 Å². The monoisotopic (exact) mass is 255 g/mol. The predicted molar refractivity (Wildman–Crippen MR) is 79.2 cm³/mol. The van der Waals surface area contributed by atoms with Gasteiger partial charge in [-0.3, -0.25) is 0 Å². The van der Waals surface area contributed by atoms with Crippen molar-refractivity contribution in [2.75, 3.05) is 13.1 Å². The van der Waals surface area contributed by atoms with E-state index >= 15 is 0 Å². The molecule has 2 nitrogen and oxygen atoms in total. The summed E-state index contributed by atoms with van der Waals surface area (Å²) in [5.74, 6) is 0. The second-order valence-electron chi connectivity index (χ2n) is 4.87. The van der Waals surface area contributed by atoms with Crippen LogP contribution in [0.3, 0.4) is 0 Å². The largest absolute Gasteiger partial charge is 0.387 e. The Balaban J connectivity index is 1.71. The number of aliphatic hydroxyl groups is 1. The Morgan fingerprint density at radius 2 is 1.68 bits per heavy atom. The van der Waals surface area contributed by atoms with Gasteiger partial charge < -0.3 is 10.4 Å². The lowest BCUT2D eigenvalue weighted by Crippen LogP contribution is -2.23. The van der Waals surface area contributed by atoms with Crippen molar-refractivity contribution in [1.82, 2.24) is 5.32 Å². The first-order valence-electron chi connectivity index (χ1n) is 6.75. The molecule has 0 saturated carbocycles. The maximum atomic E-state index is 9.99. The van der Waals surface area contributed by atoms with E-state index in [0.29, 0.717) is 6.54 Å². The fourth-order valence-corrected chi connectivity index (χ4v) is 2.02. The van der Waals surface area contributed by atoms with Gasteiger partial charge in [0, 0.05) is 6.54 Å². The van der Waals surface area contributed by atoms with E-state index in [9.17, 15) is 5.11 Å². The van der Waals surface area contributed by atoms with Gasteiger partial charge in [0.1, 0.15) is 0 Å². The highest BCUT2D eigenvalue weighted by Crippen LogP contribution is 2.10. The van der Waals surface area contributed by atoms with E-state index in [2.05, 4.69) is 36.5 Å². The molecule has 100 valence electrons. The van der Waals surface area contributed by atoms with Gasteiger partial charge in [-0.25, -0.2) is 0 Å². The molecule has 2 aromatic rings. The summed E-state index contributed by atoms with van der Waals surface area (Å²) in [5, 5.41) is 13.3. The van der Waals surface area contributed by atoms with Crippen LogP contribution in [-0.4, -0.2) is 18.2 Å². The third kappa shape index (κ3) is 4.51. The molecule has 0 aliphatic heterocycles. The zero-order chi connectivity index (χ0) is 13.5. The molecule has 0 saturated heterocycles. The predicted octanol–water partition coefficient (Wildman–Crippen LogP) is 2.86. The molecule has 0 spiro atoms. The summed E-state index contributed by atoms with van der Waals surface area (Å²) < 4.78 is 0. The second-order valence-corrected chi connectivity index (χ2v) is 4.87. The van der Waals surface area contributed by atoms with E-state index in [4.69, 9.17) is 0 Å². The third-order valence-electron chi connectivity index (χ3n) is 3.23. The molecule has 0 aromatic heterocycles. The Kier molecular flexibility index (Phi) is 5.13. The number of rotatable bonds is 6. The Bertz CT molecular complexity index is 478. The summed E-state index contributed by atoms with van der Waals surface area (Å²) in [6.07, 6.45) is 0.557. The molecule has 1 atom stereocenters. The standard InChI is InChI=1S/C17H21NO/c1-14-7-9-15(10-8-14)11-12-18-13-17(19)16-5-3-2-4-6-16/h2-10,17-19H,11-13H2,1H3/t17-/m1/s1. The van der Waals surface area contributed by atoms with Gasteiger partial charge in [0.05, 0.1) is 6.10 Å². The van der Waals surface area contributed by atoms with Crippen LogP contribution in [0.5, 0.6) is 0 Å². The van der Waals surface area contributed by atoms with Crippen molar-refractivity contribution in [3.05, 3.63) is 71.3 Å². The van der Waals surface area contributed by atoms with Crippen LogP contribution in [0.2, 0.25) is 0 Å². The van der Waals surface area contributed by atoms with Gasteiger partial charge in [0.15, 0.2) is 0 Å². The third-order valence-corrected chi connectivity index (χ3v) is 3.23. The van der Waals surface area contributed by atoms with Crippen molar-refractivity contribution < 1.29 is 5.11 Å². The van der Waals surface area contributed by atoms with Crippen LogP contribution in [0.15, 0.2) is 54.6 Å². The maximum absolute atomic E-state index is 9.99. The van der Waals surface area contributed by atoms with Gasteiger partial charge in [-0.05, 0) is 31.0 Å². The molecule has 2 heteroatoms. The van der Waals surface area contributed by atoms with Crippen molar-refractivity contribution in [3.63, 3.8) is 0 Å². The van der Waals surface area contributed by atoms with E-state index in [1.54, 1.807) is 0 Å². The van der Waals surface area contributed by atoms with Crippen molar-refractivity contribution in [2.24, 2.45) is 0 Å². The van der Waals surface area contributed by atoms with E-state index in [1.807, 2.05) is 30.3 Å². The first-order chi connectivity index (χ1) is 9.25. The number of aryl methyl sites for hydroxylation is 1. The lowest BCUT2D eigenvalue weighted by Gasteiger charge is -2.12. The molecule has 0 heterocycles. The quantitative estimate of drug-likeness (QED) is 0.778. The highest BCUT2D eigenvalue weighted by Gasteiger charge is 2.05. The molecular weight excluding hydrogens is 234 g/mol. The van der Waals surface area contributed by atoms with Crippen LogP contribution < -0.4 is 5.32 Å². The highest BCUT2D eigenvalue weighted by molar-refractivity contribution is 5.21. The van der Waals surface area contributed by atoms with Gasteiger partial charge in [0.25, 0.3) is 0 Å². The average molecular weight is 255 g/mol. The van der Waals surface area contributed by atoms with Crippen molar-refractivity contribution in [1.29, 1.82) is 0 Å². The fraction of sp³-hybridized carbons (Fsp3) is 0.294. The number of hydrogen-bond acceptors (Lipinski definition) is 2. The molecule has 0 bridgehead atoms. The summed E-state index contributed by atoms with van der Waals surface area (Å²) >= 11 is 0. The van der Waals surface area contributed by atoms with Gasteiger partial charge in [-0.2, -0.15) is 0 Å². The van der Waals surface area contributed by atoms with Crippen LogP contribution in [-0.2, 0) is 6.42 Å². The second kappa shape index (κ2) is 7.07. The van der Waals surface area contributed by atoms with E-state index in [-0.39, 0.29) is 0 Å². The van der Waals surface area contributed by atoms with Crippen molar-refractivity contribution in [2.45, 2.75) is 19.4 Å². The molecule has 0 aliphatic carbocycles. The minimum atomic E-state index is -0.431. The lowest BCUT2D eigenvalue weighted by molar-refractivity contribution is 0.175. The van der Waals surface area contributed by atoms with Crippen molar-refractivity contribution >= 4 is 0 Å². The zero-order valence-electron chi connectivity index (χ0n) is 11.3. The molecule has 0 radical (unpaired) electrons. The van der Waals surface area contributed by atoms with E-state index in [1.165, 1.54) is 11.1 Å². The Morgan fingerprint density at radius 1 is 1.00 bits per heavy atom. The zero-order valence-corrected chi connectivity index (χ0v) is 11.3. The molecule has 0 amide bonds. The molecule has 0 unspecified atom stereocenters. The molecule has 2 rings (SSSR count). The normalized spacial score (nSPS) is 12.3. The Hall–Kier alpha value is -1.64. The topological polar surface area (TPSA) is 32.3 Å². The number of hydrogen-bond donors (Lipinski definition) is 2. The molecule has 0 fully saturated rings. The van der Waals surface area contributed by atoms with Gasteiger partial charge in [-0.15, -0.1) is 0 Å². The minimum Gasteiger partial charge on any atom is -0.387 e. The summed E-state index contributed by atoms with van der Waals surface area (Å²) in [5.41, 5.74) is 3.58. The summed E-state index contributed by atoms with van der Waals surface area (Å²) in [6, 6.07) is 18.3. The average Bonchev–Trinajstić information content (AvgIpc) is 2.46. The molecule has 2 aromatic carbocycles. The van der Waals surface area contributed by atoms with Gasteiger partial charge >= 0.3 is 0 Å². The summed E-state index contributed by atoms with van der Waals surface area (Å²) in [7, 11) is 0. The number of nitrogens with one attached hydrogen (secondary N) is 1. The molecular formula is C17H21NO. The van der Waals surface area contributed by atoms with E-state index in [0.717, 1.165) is 18.5 Å². The first-order valence-corrected chi connectivity index (χ1v) is 6.75. The highest BCUT2D eigenvalue weighted by atomic mass is 16.3. The lowest BCUT2D eigenvalue weighted by atomic mass is 10.1. The Morgan fingerprint density at radius 3 is 2.37 bits per heavy atom. The van der Waals surface area contributed by atoms with Crippen molar-refractivity contribution in [3.8, 4) is 0 Å². The van der Waals surface area contributed by atoms with Crippen LogP contribution in [0.4, 0.5) is 0 Å². The van der Waals surface area contributed by atoms with Crippen LogP contribution in [0.1, 0.15) is 22.8 Å². The van der Waals surface area contributed by atoms with Crippen LogP contribution in [0.25, 0.3) is 0 Å². The van der Waals surface area contributed by atoms with Gasteiger partial charge in [0.2, 0.25) is 0 Å². The number of benzene rings is 2. The van der Waals surface area contributed by atoms with Crippen LogP contribution in [0, 0.1) is 6.92 Å². The fourth-order valence-electron chi connectivity index (χ4n) is 2.02.